The normalized spacial score (nSPS) is 15.0. The smallest absolute Gasteiger partial charge is 0.489 e. The Morgan fingerprint density at radius 3 is 2.12 bits per heavy atom. The van der Waals surface area contributed by atoms with Gasteiger partial charge in [0.25, 0.3) is 0 Å². The number of carboxylic acid groups (broad SMARTS) is 1. The molecule has 262 valence electrons. The molecule has 18 heteroatoms. The third-order valence-corrected chi connectivity index (χ3v) is 14.5. The van der Waals surface area contributed by atoms with E-state index < -0.39 is 20.9 Å². The van der Waals surface area contributed by atoms with Crippen molar-refractivity contribution in [3.63, 3.8) is 0 Å². The fraction of sp³-hybridized carbons (Fsp3) is 0.333. The van der Waals surface area contributed by atoms with Crippen LogP contribution in [0.15, 0.2) is 31.1 Å². The molecule has 0 aliphatic carbocycles. The largest absolute Gasteiger partial charge is 0.501 e. The summed E-state index contributed by atoms with van der Waals surface area (Å²) in [5, 5.41) is 20.4. The number of rotatable bonds is 16. The summed E-state index contributed by atoms with van der Waals surface area (Å²) < 4.78 is 33.3. The van der Waals surface area contributed by atoms with Crippen LogP contribution in [0.2, 0.25) is 26.1 Å². The molecule has 0 amide bonds. The Balaban J connectivity index is 2.18. The maximum atomic E-state index is 12.7. The molecule has 0 radical (unpaired) electrons. The topological polar surface area (TPSA) is 121 Å². The number of aliphatic hydroxyl groups excluding tert-OH is 1. The van der Waals surface area contributed by atoms with Crippen molar-refractivity contribution in [3.05, 3.63) is 75.1 Å². The monoisotopic (exact) mass is 1210 g/mol. The minimum absolute atomic E-state index is 0.00792. The first kappa shape index (κ1) is 42.9. The third-order valence-electron chi connectivity index (χ3n) is 6.67. The lowest BCUT2D eigenvalue weighted by Gasteiger charge is -2.30. The molecular formula is C30H28Cl4I4O9Si. The fourth-order valence-electron chi connectivity index (χ4n) is 4.78. The maximum absolute atomic E-state index is 12.7. The van der Waals surface area contributed by atoms with E-state index in [9.17, 15) is 19.8 Å². The molecule has 1 atom stereocenters. The molecule has 0 bridgehead atoms. The number of benzene rings is 2. The number of fused-ring (bicyclic) bond motifs is 1. The van der Waals surface area contributed by atoms with Gasteiger partial charge in [-0.3, -0.25) is 4.79 Å². The molecular weight excluding hydrogens is 1180 g/mol. The molecule has 1 unspecified atom stereocenters. The van der Waals surface area contributed by atoms with E-state index in [2.05, 4.69) is 45.2 Å². The summed E-state index contributed by atoms with van der Waals surface area (Å²) in [6, 6.07) is 2.14. The zero-order valence-corrected chi connectivity index (χ0v) is 38.1. The lowest BCUT2D eigenvalue weighted by Crippen LogP contribution is -2.46. The number of aldehydes is 1. The van der Waals surface area contributed by atoms with Gasteiger partial charge in [-0.1, -0.05) is 46.4 Å². The number of hydrogen-bond acceptors (Lipinski definition) is 8. The summed E-state index contributed by atoms with van der Waals surface area (Å²) in [5.74, 6) is -0.352. The Bertz CT molecular complexity index is 1650. The number of allylic oxidation sites excluding steroid dienone is 2. The molecule has 2 aromatic carbocycles. The van der Waals surface area contributed by atoms with Crippen LogP contribution in [0.25, 0.3) is 5.57 Å². The van der Waals surface area contributed by atoms with Gasteiger partial charge in [0.15, 0.2) is 12.0 Å². The van der Waals surface area contributed by atoms with Gasteiger partial charge in [0.2, 0.25) is 0 Å². The highest BCUT2D eigenvalue weighted by molar-refractivity contribution is 14.1. The van der Waals surface area contributed by atoms with Crippen LogP contribution < -0.4 is 9.47 Å². The quantitative estimate of drug-likeness (QED) is 0.0423. The van der Waals surface area contributed by atoms with Gasteiger partial charge in [0.1, 0.15) is 18.1 Å². The zero-order chi connectivity index (χ0) is 35.9. The highest BCUT2D eigenvalue weighted by atomic mass is 127. The number of carbonyl (C=O) groups excluding carboxylic acids is 1. The van der Waals surface area contributed by atoms with Gasteiger partial charge in [-0.05, 0) is 130 Å². The minimum Gasteiger partial charge on any atom is -0.489 e. The summed E-state index contributed by atoms with van der Waals surface area (Å²) in [4.78, 5) is 24.4. The van der Waals surface area contributed by atoms with E-state index >= 15 is 0 Å². The first-order chi connectivity index (χ1) is 22.7. The predicted octanol–water partition coefficient (Wildman–Crippen LogP) is 10.4. The SMILES string of the molecule is CCO[Si](CCC(O)COc1c(I)cc2c(c1I)OC(=CI)C(C=C(I)C=O)=C2c1c(Cl)c(Cl)c(Cl)c(Cl)c1C(=O)O)(OCC)OCC. The average Bonchev–Trinajstić information content (AvgIpc) is 3.04. The average molecular weight is 1210 g/mol. The highest BCUT2D eigenvalue weighted by Crippen LogP contribution is 2.53. The second kappa shape index (κ2) is 19.6. The van der Waals surface area contributed by atoms with Crippen molar-refractivity contribution in [1.82, 2.24) is 0 Å². The van der Waals surface area contributed by atoms with Gasteiger partial charge in [-0.25, -0.2) is 4.79 Å². The van der Waals surface area contributed by atoms with Crippen molar-refractivity contribution in [3.8, 4) is 11.5 Å². The first-order valence-electron chi connectivity index (χ1n) is 14.1. The molecule has 9 nitrogen and oxygen atoms in total. The maximum Gasteiger partial charge on any atom is 0.501 e. The van der Waals surface area contributed by atoms with Crippen LogP contribution in [0, 0.1) is 7.14 Å². The van der Waals surface area contributed by atoms with E-state index in [0.717, 1.165) is 0 Å². The molecule has 1 aliphatic heterocycles. The lowest BCUT2D eigenvalue weighted by atomic mass is 9.86. The number of aliphatic hydroxyl groups is 1. The van der Waals surface area contributed by atoms with Gasteiger partial charge >= 0.3 is 14.8 Å². The summed E-state index contributed by atoms with van der Waals surface area (Å²) in [7, 11) is -2.97. The molecule has 2 N–H and O–H groups in total. The van der Waals surface area contributed by atoms with Gasteiger partial charge in [-0.15, -0.1) is 0 Å². The number of carboxylic acids is 1. The van der Waals surface area contributed by atoms with E-state index in [0.29, 0.717) is 77.5 Å². The molecule has 0 saturated carbocycles. The number of carbonyl (C=O) groups is 2. The van der Waals surface area contributed by atoms with E-state index in [1.165, 1.54) is 0 Å². The van der Waals surface area contributed by atoms with Crippen LogP contribution >= 0.6 is 137 Å². The summed E-state index contributed by atoms with van der Waals surface area (Å²) in [6.07, 6.45) is 1.63. The van der Waals surface area contributed by atoms with Gasteiger partial charge < -0.3 is 33.0 Å². The number of halogens is 8. The molecule has 0 spiro atoms. The fourth-order valence-corrected chi connectivity index (χ4v) is 11.4. The standard InChI is InChI=1S/C30H28Cl4I4O9Si/c1-4-44-48(45-5-2,46-6-3)8-7-15(40)13-43-29-18(37)10-17-20(21-22(30(41)42)24(32)26(34)25(33)23(21)31)16(9-14(36)12-39)19(11-35)47-28(17)27(29)38/h9-12,15,40H,4-8,13H2,1-3H3,(H,41,42). The van der Waals surface area contributed by atoms with Crippen LogP contribution in [0.3, 0.4) is 0 Å². The van der Waals surface area contributed by atoms with Crippen LogP contribution in [0.5, 0.6) is 11.5 Å². The molecule has 0 fully saturated rings. The molecule has 0 saturated heterocycles. The van der Waals surface area contributed by atoms with E-state index in [-0.39, 0.29) is 43.6 Å². The molecule has 48 heavy (non-hydrogen) atoms. The van der Waals surface area contributed by atoms with Crippen LogP contribution in [-0.2, 0) is 18.1 Å². The molecule has 0 aromatic heterocycles. The van der Waals surface area contributed by atoms with Crippen LogP contribution in [-0.4, -0.2) is 63.8 Å². The van der Waals surface area contributed by atoms with Crippen molar-refractivity contribution in [2.24, 2.45) is 0 Å². The van der Waals surface area contributed by atoms with Crippen molar-refractivity contribution >= 4 is 163 Å². The molecule has 2 aromatic rings. The highest BCUT2D eigenvalue weighted by Gasteiger charge is 2.41. The van der Waals surface area contributed by atoms with E-state index in [4.69, 9.17) is 69.2 Å². The predicted molar refractivity (Wildman–Crippen MR) is 224 cm³/mol. The Morgan fingerprint density at radius 2 is 1.60 bits per heavy atom. The Morgan fingerprint density at radius 1 is 1.02 bits per heavy atom. The van der Waals surface area contributed by atoms with Crippen molar-refractivity contribution in [2.75, 3.05) is 26.4 Å². The number of aromatic carboxylic acids is 1. The van der Waals surface area contributed by atoms with Crippen molar-refractivity contribution in [1.29, 1.82) is 0 Å². The van der Waals surface area contributed by atoms with Gasteiger partial charge in [0.05, 0.1) is 42.5 Å². The van der Waals surface area contributed by atoms with Crippen molar-refractivity contribution < 1.29 is 42.6 Å². The van der Waals surface area contributed by atoms with Crippen LogP contribution in [0.1, 0.15) is 48.7 Å². The van der Waals surface area contributed by atoms with Crippen LogP contribution in [0.4, 0.5) is 0 Å². The van der Waals surface area contributed by atoms with Crippen molar-refractivity contribution in [2.45, 2.75) is 39.3 Å². The first-order valence-corrected chi connectivity index (χ1v) is 22.0. The Labute approximate surface area is 353 Å². The second-order valence-corrected chi connectivity index (χ2v) is 18.0. The molecule has 1 aliphatic rings. The lowest BCUT2D eigenvalue weighted by molar-refractivity contribution is -0.104. The summed E-state index contributed by atoms with van der Waals surface area (Å²) >= 11 is 34.0. The number of hydrogen-bond donors (Lipinski definition) is 2. The summed E-state index contributed by atoms with van der Waals surface area (Å²) in [6.45, 7) is 6.83. The molecule has 1 heterocycles. The van der Waals surface area contributed by atoms with Gasteiger partial charge in [0, 0.05) is 52.2 Å². The third kappa shape index (κ3) is 9.74. The number of ether oxygens (including phenoxy) is 2. The summed E-state index contributed by atoms with van der Waals surface area (Å²) in [5.41, 5.74) is 0.697. The zero-order valence-electron chi connectivity index (χ0n) is 25.4. The van der Waals surface area contributed by atoms with E-state index in [1.54, 1.807) is 16.2 Å². The Kier molecular flexibility index (Phi) is 17.5. The Hall–Kier alpha value is 0.537. The van der Waals surface area contributed by atoms with E-state index in [1.807, 2.05) is 66.0 Å². The minimum atomic E-state index is -2.97. The molecule has 3 rings (SSSR count). The second-order valence-electron chi connectivity index (χ2n) is 9.69. The van der Waals surface area contributed by atoms with Gasteiger partial charge in [-0.2, -0.15) is 0 Å².